The standard InChI is InChI=1S/C29H32S/c1-3-5-6-7-8-9-13-22-16-17-24-21-25(19-18-23(24)20-22)29-27(12-4-2)26-14-10-11-15-28(26)30-29/h4,10-12,14-21H,3,5-9,13H2,1-2H3. The van der Waals surface area contributed by atoms with Crippen molar-refractivity contribution in [3.05, 3.63) is 77.9 Å². The highest BCUT2D eigenvalue weighted by Gasteiger charge is 2.12. The predicted octanol–water partition coefficient (Wildman–Crippen LogP) is 9.66. The molecule has 0 bridgehead atoms. The molecule has 3 aromatic carbocycles. The summed E-state index contributed by atoms with van der Waals surface area (Å²) >= 11 is 1.90. The quantitative estimate of drug-likeness (QED) is 0.240. The van der Waals surface area contributed by atoms with Crippen molar-refractivity contribution in [1.29, 1.82) is 0 Å². The van der Waals surface area contributed by atoms with Crippen LogP contribution in [0.3, 0.4) is 0 Å². The molecule has 4 aromatic rings. The van der Waals surface area contributed by atoms with Gasteiger partial charge in [-0.1, -0.05) is 99.7 Å². The van der Waals surface area contributed by atoms with Crippen LogP contribution in [-0.2, 0) is 6.42 Å². The molecule has 0 saturated carbocycles. The van der Waals surface area contributed by atoms with Crippen molar-refractivity contribution >= 4 is 38.3 Å². The second-order valence-electron chi connectivity index (χ2n) is 8.26. The van der Waals surface area contributed by atoms with E-state index in [0.717, 1.165) is 0 Å². The fraction of sp³-hybridized carbons (Fsp3) is 0.310. The van der Waals surface area contributed by atoms with Gasteiger partial charge in [0.05, 0.1) is 0 Å². The molecule has 1 heterocycles. The summed E-state index contributed by atoms with van der Waals surface area (Å²) in [5, 5.41) is 4.05. The highest BCUT2D eigenvalue weighted by atomic mass is 32.1. The maximum Gasteiger partial charge on any atom is 0.0427 e. The Balaban J connectivity index is 1.56. The number of aryl methyl sites for hydroxylation is 1. The molecule has 154 valence electrons. The van der Waals surface area contributed by atoms with Gasteiger partial charge in [-0.05, 0) is 53.8 Å². The van der Waals surface area contributed by atoms with E-state index in [4.69, 9.17) is 0 Å². The Morgan fingerprint density at radius 1 is 0.800 bits per heavy atom. The minimum absolute atomic E-state index is 1.20. The number of fused-ring (bicyclic) bond motifs is 2. The Labute approximate surface area is 185 Å². The van der Waals surface area contributed by atoms with E-state index in [2.05, 4.69) is 86.7 Å². The highest BCUT2D eigenvalue weighted by molar-refractivity contribution is 7.22. The molecule has 0 aliphatic heterocycles. The Bertz CT molecular complexity index is 1150. The summed E-state index contributed by atoms with van der Waals surface area (Å²) in [6.45, 7) is 4.38. The van der Waals surface area contributed by atoms with E-state index in [1.54, 1.807) is 0 Å². The van der Waals surface area contributed by atoms with Crippen LogP contribution in [0.15, 0.2) is 66.7 Å². The molecular weight excluding hydrogens is 380 g/mol. The third kappa shape index (κ3) is 4.68. The van der Waals surface area contributed by atoms with E-state index < -0.39 is 0 Å². The number of hydrogen-bond acceptors (Lipinski definition) is 1. The van der Waals surface area contributed by atoms with Gasteiger partial charge in [0.2, 0.25) is 0 Å². The van der Waals surface area contributed by atoms with Crippen LogP contribution >= 0.6 is 11.3 Å². The molecule has 0 saturated heterocycles. The fourth-order valence-corrected chi connectivity index (χ4v) is 5.50. The van der Waals surface area contributed by atoms with Crippen LogP contribution < -0.4 is 0 Å². The first-order valence-electron chi connectivity index (χ1n) is 11.5. The molecule has 0 aliphatic rings. The predicted molar refractivity (Wildman–Crippen MR) is 137 cm³/mol. The number of rotatable bonds is 9. The number of thiophene rings is 1. The fourth-order valence-electron chi connectivity index (χ4n) is 4.31. The molecule has 0 nitrogen and oxygen atoms in total. The van der Waals surface area contributed by atoms with Crippen LogP contribution in [0, 0.1) is 0 Å². The minimum atomic E-state index is 1.20. The van der Waals surface area contributed by atoms with E-state index in [1.165, 1.54) is 87.4 Å². The first-order chi connectivity index (χ1) is 14.8. The van der Waals surface area contributed by atoms with E-state index >= 15 is 0 Å². The molecule has 0 aliphatic carbocycles. The number of unbranched alkanes of at least 4 members (excludes halogenated alkanes) is 5. The maximum absolute atomic E-state index is 2.39. The number of allylic oxidation sites excluding steroid dienone is 1. The van der Waals surface area contributed by atoms with Crippen molar-refractivity contribution in [1.82, 2.24) is 0 Å². The van der Waals surface area contributed by atoms with Crippen molar-refractivity contribution in [3.8, 4) is 10.4 Å². The molecule has 0 amide bonds. The molecule has 0 atom stereocenters. The van der Waals surface area contributed by atoms with E-state index in [-0.39, 0.29) is 0 Å². The Morgan fingerprint density at radius 2 is 1.57 bits per heavy atom. The van der Waals surface area contributed by atoms with Gasteiger partial charge in [0, 0.05) is 20.5 Å². The second kappa shape index (κ2) is 10.1. The Hall–Kier alpha value is -2.38. The van der Waals surface area contributed by atoms with Crippen molar-refractivity contribution in [3.63, 3.8) is 0 Å². The van der Waals surface area contributed by atoms with Gasteiger partial charge in [-0.25, -0.2) is 0 Å². The van der Waals surface area contributed by atoms with Gasteiger partial charge in [-0.3, -0.25) is 0 Å². The number of hydrogen-bond donors (Lipinski definition) is 0. The molecule has 0 radical (unpaired) electrons. The average molecular weight is 413 g/mol. The monoisotopic (exact) mass is 412 g/mol. The van der Waals surface area contributed by atoms with Crippen LogP contribution in [0.4, 0.5) is 0 Å². The SMILES string of the molecule is CC=Cc1c(-c2ccc3cc(CCCCCCCC)ccc3c2)sc2ccccc12. The van der Waals surface area contributed by atoms with Crippen LogP contribution in [0.5, 0.6) is 0 Å². The van der Waals surface area contributed by atoms with Crippen molar-refractivity contribution in [2.45, 2.75) is 58.8 Å². The molecule has 1 heteroatoms. The topological polar surface area (TPSA) is 0 Å². The summed E-state index contributed by atoms with van der Waals surface area (Å²) in [5.74, 6) is 0. The first kappa shape index (κ1) is 20.9. The largest absolute Gasteiger partial charge is 0.135 e. The lowest BCUT2D eigenvalue weighted by molar-refractivity contribution is 0.607. The van der Waals surface area contributed by atoms with E-state index in [9.17, 15) is 0 Å². The van der Waals surface area contributed by atoms with Crippen LogP contribution in [0.1, 0.15) is 63.5 Å². The summed E-state index contributed by atoms with van der Waals surface area (Å²) in [6.07, 6.45) is 13.7. The Morgan fingerprint density at radius 3 is 2.43 bits per heavy atom. The molecule has 30 heavy (non-hydrogen) atoms. The van der Waals surface area contributed by atoms with Gasteiger partial charge in [-0.2, -0.15) is 0 Å². The third-order valence-corrected chi connectivity index (χ3v) is 7.19. The van der Waals surface area contributed by atoms with Crippen molar-refractivity contribution in [2.75, 3.05) is 0 Å². The molecule has 0 spiro atoms. The molecule has 0 fully saturated rings. The van der Waals surface area contributed by atoms with Gasteiger partial charge in [0.25, 0.3) is 0 Å². The highest BCUT2D eigenvalue weighted by Crippen LogP contribution is 2.40. The molecule has 0 unspecified atom stereocenters. The van der Waals surface area contributed by atoms with Crippen molar-refractivity contribution < 1.29 is 0 Å². The zero-order valence-corrected chi connectivity index (χ0v) is 19.1. The normalized spacial score (nSPS) is 11.8. The van der Waals surface area contributed by atoms with Gasteiger partial charge in [0.15, 0.2) is 0 Å². The van der Waals surface area contributed by atoms with Gasteiger partial charge < -0.3 is 0 Å². The summed E-state index contributed by atoms with van der Waals surface area (Å²) in [4.78, 5) is 1.37. The maximum atomic E-state index is 2.39. The molecule has 0 N–H and O–H groups in total. The average Bonchev–Trinajstić information content (AvgIpc) is 3.14. The van der Waals surface area contributed by atoms with Crippen LogP contribution in [0.2, 0.25) is 0 Å². The van der Waals surface area contributed by atoms with Gasteiger partial charge >= 0.3 is 0 Å². The Kier molecular flexibility index (Phi) is 7.02. The van der Waals surface area contributed by atoms with Crippen molar-refractivity contribution in [2.24, 2.45) is 0 Å². The third-order valence-electron chi connectivity index (χ3n) is 5.95. The van der Waals surface area contributed by atoms with Gasteiger partial charge in [-0.15, -0.1) is 11.3 Å². The van der Waals surface area contributed by atoms with E-state index in [1.807, 2.05) is 11.3 Å². The minimum Gasteiger partial charge on any atom is -0.135 e. The van der Waals surface area contributed by atoms with E-state index in [0.29, 0.717) is 0 Å². The molecular formula is C29H32S. The van der Waals surface area contributed by atoms with Crippen LogP contribution in [0.25, 0.3) is 37.4 Å². The summed E-state index contributed by atoms with van der Waals surface area (Å²) in [7, 11) is 0. The lowest BCUT2D eigenvalue weighted by atomic mass is 9.99. The number of benzene rings is 3. The molecule has 4 rings (SSSR count). The molecule has 1 aromatic heterocycles. The summed E-state index contributed by atoms with van der Waals surface area (Å²) in [6, 6.07) is 22.7. The zero-order valence-electron chi connectivity index (χ0n) is 18.3. The van der Waals surface area contributed by atoms with Gasteiger partial charge in [0.1, 0.15) is 0 Å². The van der Waals surface area contributed by atoms with Crippen LogP contribution in [-0.4, -0.2) is 0 Å². The zero-order chi connectivity index (χ0) is 20.8. The summed E-state index contributed by atoms with van der Waals surface area (Å²) < 4.78 is 1.36. The second-order valence-corrected chi connectivity index (χ2v) is 9.31. The smallest absolute Gasteiger partial charge is 0.0427 e. The lowest BCUT2D eigenvalue weighted by Gasteiger charge is -2.07. The summed E-state index contributed by atoms with van der Waals surface area (Å²) in [5.41, 5.74) is 4.14. The lowest BCUT2D eigenvalue weighted by Crippen LogP contribution is -1.87. The first-order valence-corrected chi connectivity index (χ1v) is 12.3.